The summed E-state index contributed by atoms with van der Waals surface area (Å²) in [5.74, 6) is 0.0232. The van der Waals surface area contributed by atoms with E-state index in [9.17, 15) is 13.5 Å². The summed E-state index contributed by atoms with van der Waals surface area (Å²) < 4.78 is 36.4. The highest BCUT2D eigenvalue weighted by atomic mass is 32.2. The van der Waals surface area contributed by atoms with Crippen molar-refractivity contribution in [2.75, 3.05) is 24.7 Å². The van der Waals surface area contributed by atoms with Crippen molar-refractivity contribution in [3.63, 3.8) is 0 Å². The third kappa shape index (κ3) is 7.64. The summed E-state index contributed by atoms with van der Waals surface area (Å²) in [6.45, 7) is 5.44. The van der Waals surface area contributed by atoms with Crippen LogP contribution in [0, 0.1) is 5.41 Å². The predicted molar refractivity (Wildman–Crippen MR) is 183 cm³/mol. The van der Waals surface area contributed by atoms with Crippen LogP contribution in [0.25, 0.3) is 0 Å². The zero-order valence-electron chi connectivity index (χ0n) is 27.7. The van der Waals surface area contributed by atoms with Gasteiger partial charge >= 0.3 is 0 Å². The molecule has 2 heterocycles. The van der Waals surface area contributed by atoms with Crippen molar-refractivity contribution in [3.05, 3.63) is 120 Å². The normalized spacial score (nSPS) is 18.4. The number of unbranched alkanes of at least 4 members (excludes halogenated alkanes) is 2. The average Bonchev–Trinajstić information content (AvgIpc) is 3.13. The summed E-state index contributed by atoms with van der Waals surface area (Å²) >= 11 is 0. The summed E-state index contributed by atoms with van der Waals surface area (Å²) in [4.78, 5) is 2.26. The molecule has 244 valence electrons. The highest BCUT2D eigenvalue weighted by molar-refractivity contribution is 7.91. The highest BCUT2D eigenvalue weighted by Crippen LogP contribution is 2.49. The zero-order chi connectivity index (χ0) is 32.7. The molecule has 5 rings (SSSR count). The molecule has 46 heavy (non-hydrogen) atoms. The SMILES string of the molecule is CCCCC1(CCCC)CS(=O)(=O)c2ccc(N(C)C)cc2[C@@H](c2ccc(OCc3ccc(C[n+]4ccccc4)cc3)cc2)[C@H]1[O-]. The molecule has 1 aliphatic heterocycles. The molecule has 4 aromatic rings. The molecule has 1 aromatic heterocycles. The van der Waals surface area contributed by atoms with Gasteiger partial charge in [-0.1, -0.05) is 82.0 Å². The van der Waals surface area contributed by atoms with Crippen LogP contribution in [0.15, 0.2) is 102 Å². The quantitative estimate of drug-likeness (QED) is 0.153. The number of rotatable bonds is 13. The van der Waals surface area contributed by atoms with E-state index in [-0.39, 0.29) is 5.75 Å². The van der Waals surface area contributed by atoms with Gasteiger partial charge in [-0.2, -0.15) is 0 Å². The maximum Gasteiger partial charge on any atom is 0.179 e. The fourth-order valence-corrected chi connectivity index (χ4v) is 8.98. The molecular formula is C39H48N2O4S. The molecule has 2 atom stereocenters. The highest BCUT2D eigenvalue weighted by Gasteiger charge is 2.45. The molecule has 0 N–H and O–H groups in total. The van der Waals surface area contributed by atoms with Crippen LogP contribution in [0.2, 0.25) is 0 Å². The average molecular weight is 641 g/mol. The van der Waals surface area contributed by atoms with E-state index in [1.807, 2.05) is 73.6 Å². The van der Waals surface area contributed by atoms with Crippen molar-refractivity contribution in [1.82, 2.24) is 0 Å². The molecule has 3 aromatic carbocycles. The molecule has 7 heteroatoms. The number of fused-ring (bicyclic) bond motifs is 1. The van der Waals surface area contributed by atoms with E-state index in [4.69, 9.17) is 4.74 Å². The van der Waals surface area contributed by atoms with Crippen molar-refractivity contribution in [2.45, 2.75) is 82.4 Å². The van der Waals surface area contributed by atoms with Crippen LogP contribution in [0.3, 0.4) is 0 Å². The second kappa shape index (κ2) is 14.8. The Balaban J connectivity index is 1.43. The molecule has 0 unspecified atom stereocenters. The van der Waals surface area contributed by atoms with E-state index >= 15 is 0 Å². The summed E-state index contributed by atoms with van der Waals surface area (Å²) in [6, 6.07) is 27.7. The number of hydrogen-bond donors (Lipinski definition) is 0. The predicted octanol–water partition coefficient (Wildman–Crippen LogP) is 6.68. The van der Waals surface area contributed by atoms with Gasteiger partial charge in [0.1, 0.15) is 12.4 Å². The van der Waals surface area contributed by atoms with Gasteiger partial charge in [-0.3, -0.25) is 0 Å². The van der Waals surface area contributed by atoms with E-state index in [2.05, 4.69) is 55.1 Å². The number of ether oxygens (including phenoxy) is 1. The van der Waals surface area contributed by atoms with Gasteiger partial charge in [-0.05, 0) is 71.2 Å². The molecule has 0 saturated carbocycles. The summed E-state index contributed by atoms with van der Waals surface area (Å²) in [6.07, 6.45) is 7.76. The third-order valence-electron chi connectivity index (χ3n) is 9.43. The van der Waals surface area contributed by atoms with E-state index in [1.165, 1.54) is 5.56 Å². The standard InChI is InChI=1S/C39H48N2O4S/c1-5-7-22-39(23-8-6-2)29-46(43,44)36-21-18-33(40(3)4)26-35(36)37(38(39)42)32-16-19-34(20-17-32)45-28-31-14-12-30(13-15-31)27-41-24-10-9-11-25-41/h9-21,24-26,37-38H,5-8,22-23,27-29H2,1-4H3/t37-,38-/m1/s1. The summed E-state index contributed by atoms with van der Waals surface area (Å²) in [5, 5.41) is 14.9. The van der Waals surface area contributed by atoms with Crippen molar-refractivity contribution in [3.8, 4) is 5.75 Å². The van der Waals surface area contributed by atoms with Gasteiger partial charge in [0.15, 0.2) is 28.8 Å². The number of nitrogens with zero attached hydrogens (tertiary/aromatic N) is 2. The van der Waals surface area contributed by atoms with Crippen molar-refractivity contribution >= 4 is 15.5 Å². The third-order valence-corrected chi connectivity index (χ3v) is 11.4. The molecule has 0 radical (unpaired) electrons. The molecular weight excluding hydrogens is 593 g/mol. The van der Waals surface area contributed by atoms with Crippen LogP contribution in [-0.2, 0) is 23.0 Å². The number of hydrogen-bond acceptors (Lipinski definition) is 5. The summed E-state index contributed by atoms with van der Waals surface area (Å²) in [7, 11) is 0.196. The van der Waals surface area contributed by atoms with Crippen LogP contribution >= 0.6 is 0 Å². The Morgan fingerprint density at radius 1 is 0.870 bits per heavy atom. The molecule has 0 amide bonds. The molecule has 6 nitrogen and oxygen atoms in total. The maximum absolute atomic E-state index is 14.9. The lowest BCUT2D eigenvalue weighted by molar-refractivity contribution is -0.688. The Kier molecular flexibility index (Phi) is 10.9. The molecule has 1 aliphatic rings. The lowest BCUT2D eigenvalue weighted by atomic mass is 9.68. The Morgan fingerprint density at radius 2 is 1.50 bits per heavy atom. The van der Waals surface area contributed by atoms with Gasteiger partial charge in [0.2, 0.25) is 0 Å². The zero-order valence-corrected chi connectivity index (χ0v) is 28.5. The second-order valence-corrected chi connectivity index (χ2v) is 15.0. The van der Waals surface area contributed by atoms with Crippen LogP contribution in [-0.4, -0.2) is 34.4 Å². The van der Waals surface area contributed by atoms with E-state index in [0.717, 1.165) is 49.0 Å². The van der Waals surface area contributed by atoms with Crippen molar-refractivity contribution in [2.24, 2.45) is 5.41 Å². The number of pyridine rings is 1. The first-order valence-corrected chi connectivity index (χ1v) is 18.3. The van der Waals surface area contributed by atoms with Gasteiger partial charge in [0.25, 0.3) is 0 Å². The fourth-order valence-electron chi connectivity index (χ4n) is 6.79. The van der Waals surface area contributed by atoms with E-state index in [0.29, 0.717) is 35.7 Å². The Bertz CT molecular complexity index is 1660. The van der Waals surface area contributed by atoms with Crippen LogP contribution in [0.5, 0.6) is 5.75 Å². The van der Waals surface area contributed by atoms with Gasteiger partial charge < -0.3 is 14.7 Å². The van der Waals surface area contributed by atoms with E-state index in [1.54, 1.807) is 6.07 Å². The summed E-state index contributed by atoms with van der Waals surface area (Å²) in [5.41, 5.74) is 3.78. The number of anilines is 1. The topological polar surface area (TPSA) is 73.5 Å². The largest absolute Gasteiger partial charge is 0.851 e. The lowest BCUT2D eigenvalue weighted by Gasteiger charge is -2.48. The minimum atomic E-state index is -3.68. The van der Waals surface area contributed by atoms with Gasteiger partial charge in [0.05, 0.1) is 10.6 Å². The van der Waals surface area contributed by atoms with Gasteiger partial charge in [0, 0.05) is 37.5 Å². The van der Waals surface area contributed by atoms with Gasteiger partial charge in [-0.25, -0.2) is 13.0 Å². The van der Waals surface area contributed by atoms with Crippen molar-refractivity contribution in [1.29, 1.82) is 0 Å². The first kappa shape index (κ1) is 33.7. The van der Waals surface area contributed by atoms with Crippen molar-refractivity contribution < 1.29 is 22.8 Å². The van der Waals surface area contributed by atoms with Gasteiger partial charge in [-0.15, -0.1) is 6.10 Å². The Morgan fingerprint density at radius 3 is 2.11 bits per heavy atom. The number of sulfone groups is 1. The number of aromatic nitrogens is 1. The van der Waals surface area contributed by atoms with Crippen LogP contribution in [0.4, 0.5) is 5.69 Å². The van der Waals surface area contributed by atoms with Crippen LogP contribution in [0.1, 0.15) is 80.5 Å². The first-order chi connectivity index (χ1) is 22.2. The number of benzene rings is 3. The van der Waals surface area contributed by atoms with E-state index < -0.39 is 27.3 Å². The Labute approximate surface area is 275 Å². The molecule has 0 saturated heterocycles. The Hall–Kier alpha value is -3.68. The molecule has 0 bridgehead atoms. The molecule has 0 fully saturated rings. The fraction of sp³-hybridized carbons (Fsp3) is 0.410. The monoisotopic (exact) mass is 640 g/mol. The lowest BCUT2D eigenvalue weighted by Crippen LogP contribution is -2.50. The molecule has 0 spiro atoms. The van der Waals surface area contributed by atoms with Crippen LogP contribution < -0.4 is 19.3 Å². The first-order valence-electron chi connectivity index (χ1n) is 16.6. The molecule has 0 aliphatic carbocycles. The smallest absolute Gasteiger partial charge is 0.179 e. The maximum atomic E-state index is 14.9. The minimum Gasteiger partial charge on any atom is -0.851 e. The second-order valence-electron chi connectivity index (χ2n) is 13.1. The minimum absolute atomic E-state index is 0.0942.